The Morgan fingerprint density at radius 1 is 1.38 bits per heavy atom. The summed E-state index contributed by atoms with van der Waals surface area (Å²) in [6, 6.07) is 9.41. The Morgan fingerprint density at radius 2 is 2.00 bits per heavy atom. The van der Waals surface area contributed by atoms with E-state index in [4.69, 9.17) is 9.47 Å². The lowest BCUT2D eigenvalue weighted by atomic mass is 10.1. The van der Waals surface area contributed by atoms with Gasteiger partial charge < -0.3 is 9.47 Å². The zero-order valence-electron chi connectivity index (χ0n) is 9.64. The van der Waals surface area contributed by atoms with Crippen LogP contribution in [0.2, 0.25) is 0 Å². The van der Waals surface area contributed by atoms with Crippen LogP contribution in [-0.2, 0) is 4.74 Å². The van der Waals surface area contributed by atoms with Gasteiger partial charge in [-0.2, -0.15) is 0 Å². The minimum Gasteiger partial charge on any atom is -0.464 e. The summed E-state index contributed by atoms with van der Waals surface area (Å²) in [6.07, 6.45) is -0.656. The summed E-state index contributed by atoms with van der Waals surface area (Å²) >= 11 is 0. The van der Waals surface area contributed by atoms with Gasteiger partial charge in [0.05, 0.1) is 0 Å². The quantitative estimate of drug-likeness (QED) is 0.768. The molecule has 1 amide bonds. The maximum Gasteiger partial charge on any atom is 0.413 e. The topological polar surface area (TPSA) is 38.8 Å². The van der Waals surface area contributed by atoms with Crippen molar-refractivity contribution in [3.63, 3.8) is 0 Å². The second kappa shape index (κ2) is 3.70. The van der Waals surface area contributed by atoms with Gasteiger partial charge in [0.25, 0.3) is 0 Å². The van der Waals surface area contributed by atoms with Gasteiger partial charge >= 0.3 is 6.09 Å². The van der Waals surface area contributed by atoms with Crippen molar-refractivity contribution in [1.82, 2.24) is 4.90 Å². The van der Waals surface area contributed by atoms with Gasteiger partial charge in [-0.1, -0.05) is 18.2 Å². The predicted molar refractivity (Wildman–Crippen MR) is 59.2 cm³/mol. The molecule has 0 saturated carbocycles. The molecule has 2 rings (SSSR count). The van der Waals surface area contributed by atoms with Crippen LogP contribution in [0.25, 0.3) is 0 Å². The molecule has 0 aromatic heterocycles. The largest absolute Gasteiger partial charge is 0.464 e. The average molecular weight is 221 g/mol. The Bertz CT molecular complexity index is 393. The molecule has 1 aromatic rings. The van der Waals surface area contributed by atoms with Crippen LogP contribution in [0.15, 0.2) is 30.3 Å². The number of nitrogens with zero attached hydrogens (tertiary/aromatic N) is 1. The van der Waals surface area contributed by atoms with E-state index in [2.05, 4.69) is 0 Å². The van der Waals surface area contributed by atoms with Crippen molar-refractivity contribution >= 4 is 6.09 Å². The molecule has 4 heteroatoms. The molecule has 0 aliphatic carbocycles. The fraction of sp³-hybridized carbons (Fsp3) is 0.417. The highest BCUT2D eigenvalue weighted by Gasteiger charge is 2.49. The van der Waals surface area contributed by atoms with Crippen LogP contribution < -0.4 is 4.74 Å². The maximum atomic E-state index is 11.4. The molecule has 1 aliphatic rings. The molecule has 1 heterocycles. The number of hydrogen-bond donors (Lipinski definition) is 0. The van der Waals surface area contributed by atoms with Gasteiger partial charge in [-0.05, 0) is 26.0 Å². The number of carbonyl (C=O) groups excluding carboxylic acids is 1. The summed E-state index contributed by atoms with van der Waals surface area (Å²) in [4.78, 5) is 12.9. The van der Waals surface area contributed by atoms with E-state index in [0.717, 1.165) is 5.75 Å². The lowest BCUT2D eigenvalue weighted by molar-refractivity contribution is -0.0453. The molecule has 1 aromatic carbocycles. The van der Waals surface area contributed by atoms with E-state index in [0.29, 0.717) is 0 Å². The summed E-state index contributed by atoms with van der Waals surface area (Å²) < 4.78 is 11.0. The van der Waals surface area contributed by atoms with Crippen molar-refractivity contribution in [3.8, 4) is 5.75 Å². The van der Waals surface area contributed by atoms with Gasteiger partial charge in [0, 0.05) is 7.05 Å². The molecule has 0 bridgehead atoms. The molecule has 1 fully saturated rings. The number of para-hydroxylation sites is 1. The molecule has 1 saturated heterocycles. The third-order valence-electron chi connectivity index (χ3n) is 3.04. The first kappa shape index (κ1) is 10.8. The number of hydrogen-bond acceptors (Lipinski definition) is 3. The summed E-state index contributed by atoms with van der Waals surface area (Å²) in [5, 5.41) is 0. The zero-order valence-corrected chi connectivity index (χ0v) is 9.64. The van der Waals surface area contributed by atoms with Crippen molar-refractivity contribution < 1.29 is 14.3 Å². The second-order valence-electron chi connectivity index (χ2n) is 4.05. The number of rotatable bonds is 2. The van der Waals surface area contributed by atoms with Crippen LogP contribution in [0.1, 0.15) is 13.8 Å². The van der Waals surface area contributed by atoms with E-state index in [1.165, 1.54) is 4.90 Å². The van der Waals surface area contributed by atoms with Gasteiger partial charge in [-0.25, -0.2) is 4.79 Å². The van der Waals surface area contributed by atoms with Crippen LogP contribution in [0, 0.1) is 0 Å². The smallest absolute Gasteiger partial charge is 0.413 e. The molecular formula is C12H15NO3. The third-order valence-corrected chi connectivity index (χ3v) is 3.04. The van der Waals surface area contributed by atoms with Gasteiger partial charge in [0.2, 0.25) is 5.72 Å². The van der Waals surface area contributed by atoms with Crippen molar-refractivity contribution in [2.24, 2.45) is 0 Å². The van der Waals surface area contributed by atoms with Crippen LogP contribution in [0.3, 0.4) is 0 Å². The first-order chi connectivity index (χ1) is 7.54. The van der Waals surface area contributed by atoms with Crippen molar-refractivity contribution in [3.05, 3.63) is 30.3 Å². The monoisotopic (exact) mass is 221 g/mol. The maximum absolute atomic E-state index is 11.4. The Balaban J connectivity index is 2.23. The Morgan fingerprint density at radius 3 is 2.50 bits per heavy atom. The van der Waals surface area contributed by atoms with Gasteiger partial charge in [-0.3, -0.25) is 4.90 Å². The molecular weight excluding hydrogens is 206 g/mol. The molecule has 2 unspecified atom stereocenters. The average Bonchev–Trinajstić information content (AvgIpc) is 2.45. The lowest BCUT2D eigenvalue weighted by Crippen LogP contribution is -2.50. The SMILES string of the molecule is CC1OC(=O)N(C)C1(C)Oc1ccccc1. The van der Waals surface area contributed by atoms with Crippen molar-refractivity contribution in [1.29, 1.82) is 0 Å². The molecule has 16 heavy (non-hydrogen) atoms. The molecule has 1 aliphatic heterocycles. The van der Waals surface area contributed by atoms with Crippen LogP contribution >= 0.6 is 0 Å². The Kier molecular flexibility index (Phi) is 2.50. The molecule has 4 nitrogen and oxygen atoms in total. The molecule has 0 N–H and O–H groups in total. The minimum atomic E-state index is -0.752. The van der Waals surface area contributed by atoms with Crippen molar-refractivity contribution in [2.45, 2.75) is 25.7 Å². The highest BCUT2D eigenvalue weighted by molar-refractivity contribution is 5.71. The number of ether oxygens (including phenoxy) is 2. The molecule has 0 spiro atoms. The van der Waals surface area contributed by atoms with E-state index in [9.17, 15) is 4.79 Å². The number of benzene rings is 1. The van der Waals surface area contributed by atoms with Crippen LogP contribution in [0.4, 0.5) is 4.79 Å². The first-order valence-corrected chi connectivity index (χ1v) is 5.22. The second-order valence-corrected chi connectivity index (χ2v) is 4.05. The highest BCUT2D eigenvalue weighted by Crippen LogP contribution is 2.31. The van der Waals surface area contributed by atoms with E-state index in [-0.39, 0.29) is 12.2 Å². The Hall–Kier alpha value is -1.71. The van der Waals surface area contributed by atoms with Crippen LogP contribution in [-0.4, -0.2) is 29.9 Å². The van der Waals surface area contributed by atoms with E-state index in [1.54, 1.807) is 7.05 Å². The summed E-state index contributed by atoms with van der Waals surface area (Å²) in [7, 11) is 1.68. The minimum absolute atomic E-state index is 0.301. The fourth-order valence-electron chi connectivity index (χ4n) is 1.67. The standard InChI is InChI=1S/C12H15NO3/c1-9-12(2,13(3)11(14)15-9)16-10-7-5-4-6-8-10/h4-9H,1-3H3. The summed E-state index contributed by atoms with van der Waals surface area (Å²) in [6.45, 7) is 3.67. The van der Waals surface area contributed by atoms with E-state index < -0.39 is 5.72 Å². The third kappa shape index (κ3) is 1.60. The number of likely N-dealkylation sites (N-methyl/N-ethyl adjacent to an activating group) is 1. The predicted octanol–water partition coefficient (Wildman–Crippen LogP) is 2.25. The van der Waals surface area contributed by atoms with E-state index >= 15 is 0 Å². The lowest BCUT2D eigenvalue weighted by Gasteiger charge is -2.32. The van der Waals surface area contributed by atoms with Gasteiger partial charge in [0.15, 0.2) is 6.10 Å². The zero-order chi connectivity index (χ0) is 11.8. The van der Waals surface area contributed by atoms with Gasteiger partial charge in [-0.15, -0.1) is 0 Å². The van der Waals surface area contributed by atoms with Crippen LogP contribution in [0.5, 0.6) is 5.75 Å². The van der Waals surface area contributed by atoms with Crippen molar-refractivity contribution in [2.75, 3.05) is 7.05 Å². The molecule has 2 atom stereocenters. The summed E-state index contributed by atoms with van der Waals surface area (Å²) in [5.74, 6) is 0.724. The normalized spacial score (nSPS) is 29.1. The Labute approximate surface area is 94.8 Å². The molecule has 86 valence electrons. The summed E-state index contributed by atoms with van der Waals surface area (Å²) in [5.41, 5.74) is -0.752. The van der Waals surface area contributed by atoms with Gasteiger partial charge in [0.1, 0.15) is 5.75 Å². The van der Waals surface area contributed by atoms with E-state index in [1.807, 2.05) is 44.2 Å². The highest BCUT2D eigenvalue weighted by atomic mass is 16.6. The number of cyclic esters (lactones) is 1. The number of carbonyl (C=O) groups is 1. The number of amides is 1. The molecule has 0 radical (unpaired) electrons. The fourth-order valence-corrected chi connectivity index (χ4v) is 1.67. The first-order valence-electron chi connectivity index (χ1n) is 5.22.